The molecule has 0 aromatic heterocycles. The van der Waals surface area contributed by atoms with Crippen LogP contribution in [0.15, 0.2) is 90.4 Å². The van der Waals surface area contributed by atoms with E-state index >= 15 is 0 Å². The molecule has 0 saturated carbocycles. The number of amides is 1. The number of ether oxygens (including phenoxy) is 5. The van der Waals surface area contributed by atoms with Gasteiger partial charge in [0.15, 0.2) is 12.4 Å². The Bertz CT molecular complexity index is 1910. The average Bonchev–Trinajstić information content (AvgIpc) is 3.85. The Morgan fingerprint density at radius 1 is 1.07 bits per heavy atom. The van der Waals surface area contributed by atoms with Gasteiger partial charge in [0.2, 0.25) is 10.0 Å². The largest absolute Gasteiger partial charge is 0.464 e. The summed E-state index contributed by atoms with van der Waals surface area (Å²) in [5.74, 6) is -0.506. The molecule has 61 heavy (non-hydrogen) atoms. The van der Waals surface area contributed by atoms with E-state index in [9.17, 15) is 27.7 Å². The van der Waals surface area contributed by atoms with Gasteiger partial charge in [-0.2, -0.15) is 4.31 Å². The third-order valence-electron chi connectivity index (χ3n) is 9.73. The number of carbonyl (C=O) groups is 2. The molecule has 0 aliphatic carbocycles. The number of hydrogen-bond acceptors (Lipinski definition) is 14. The summed E-state index contributed by atoms with van der Waals surface area (Å²) < 4.78 is 81.6. The molecule has 2 fully saturated rings. The van der Waals surface area contributed by atoms with Crippen LogP contribution in [0.2, 0.25) is 0 Å². The van der Waals surface area contributed by atoms with Crippen molar-refractivity contribution >= 4 is 29.7 Å². The van der Waals surface area contributed by atoms with Crippen LogP contribution in [0.1, 0.15) is 45.2 Å². The number of rotatable bonds is 26. The van der Waals surface area contributed by atoms with Crippen molar-refractivity contribution in [3.05, 3.63) is 102 Å². The Morgan fingerprint density at radius 3 is 2.46 bits per heavy atom. The van der Waals surface area contributed by atoms with Crippen molar-refractivity contribution in [3.63, 3.8) is 0 Å². The number of esters is 1. The minimum Gasteiger partial charge on any atom is -0.464 e. The van der Waals surface area contributed by atoms with E-state index in [1.54, 1.807) is 43.3 Å². The van der Waals surface area contributed by atoms with Crippen LogP contribution in [0.3, 0.4) is 0 Å². The zero-order chi connectivity index (χ0) is 44.4. The smallest absolute Gasteiger partial charge is 0.407 e. The van der Waals surface area contributed by atoms with E-state index in [1.165, 1.54) is 36.6 Å². The van der Waals surface area contributed by atoms with E-state index in [0.717, 1.165) is 11.1 Å². The zero-order valence-corrected chi connectivity index (χ0v) is 37.4. The summed E-state index contributed by atoms with van der Waals surface area (Å²) in [4.78, 5) is 25.6. The fourth-order valence-electron chi connectivity index (χ4n) is 6.72. The van der Waals surface area contributed by atoms with Gasteiger partial charge in [-0.05, 0) is 68.0 Å². The second-order valence-corrected chi connectivity index (χ2v) is 19.1. The van der Waals surface area contributed by atoms with Gasteiger partial charge in [0.1, 0.15) is 11.9 Å². The van der Waals surface area contributed by atoms with Crippen LogP contribution in [0.5, 0.6) is 5.75 Å². The molecule has 1 amide bonds. The van der Waals surface area contributed by atoms with Gasteiger partial charge in [0, 0.05) is 33.3 Å². The fraction of sp³-hybridized carbons (Fsp3) is 0.535. The van der Waals surface area contributed by atoms with Crippen LogP contribution in [0.4, 0.5) is 4.79 Å². The van der Waals surface area contributed by atoms with E-state index in [1.807, 2.05) is 38.1 Å². The molecule has 0 radical (unpaired) electrons. The number of benzene rings is 2. The van der Waals surface area contributed by atoms with Gasteiger partial charge < -0.3 is 43.9 Å². The molecule has 3 N–H and O–H groups in total. The van der Waals surface area contributed by atoms with Crippen LogP contribution in [0.25, 0.3) is 0 Å². The second kappa shape index (κ2) is 24.7. The summed E-state index contributed by atoms with van der Waals surface area (Å²) in [5.41, 5.74) is 1.62. The fourth-order valence-corrected chi connectivity index (χ4v) is 10.1. The van der Waals surface area contributed by atoms with Gasteiger partial charge in [-0.1, -0.05) is 75.0 Å². The minimum atomic E-state index is -4.13. The van der Waals surface area contributed by atoms with Gasteiger partial charge in [-0.25, -0.2) is 22.6 Å². The Labute approximate surface area is 360 Å². The van der Waals surface area contributed by atoms with E-state index in [-0.39, 0.29) is 68.8 Å². The van der Waals surface area contributed by atoms with E-state index in [0.29, 0.717) is 25.3 Å². The number of methoxy groups -OCH3 is 1. The molecule has 18 heteroatoms. The first-order valence-corrected chi connectivity index (χ1v) is 23.7. The molecule has 2 saturated heterocycles. The summed E-state index contributed by atoms with van der Waals surface area (Å²) in [6.45, 7) is 11.9. The van der Waals surface area contributed by atoms with Crippen molar-refractivity contribution in [1.82, 2.24) is 14.9 Å². The molecule has 3 unspecified atom stereocenters. The lowest BCUT2D eigenvalue weighted by Crippen LogP contribution is -2.51. The molecule has 0 spiro atoms. The molecule has 338 valence electrons. The molecule has 2 aromatic rings. The van der Waals surface area contributed by atoms with Gasteiger partial charge >= 0.3 is 19.7 Å². The average molecular weight is 892 g/mol. The first-order chi connectivity index (χ1) is 29.2. The van der Waals surface area contributed by atoms with Crippen LogP contribution >= 0.6 is 7.60 Å². The van der Waals surface area contributed by atoms with Gasteiger partial charge in [-0.15, -0.1) is 0 Å². The summed E-state index contributed by atoms with van der Waals surface area (Å²) in [7, 11) is -6.43. The highest BCUT2D eigenvalue weighted by Gasteiger charge is 2.44. The molecule has 0 bridgehead atoms. The lowest BCUT2D eigenvalue weighted by molar-refractivity contribution is -0.150. The number of allylic oxidation sites excluding steroid dienone is 3. The minimum absolute atomic E-state index is 0.0274. The molecular formula is C43H62N3O13PS. The quantitative estimate of drug-likeness (QED) is 0.0474. The van der Waals surface area contributed by atoms with Crippen molar-refractivity contribution in [2.75, 3.05) is 59.3 Å². The Kier molecular flexibility index (Phi) is 20.1. The number of hydrogen-bond donors (Lipinski definition) is 3. The lowest BCUT2D eigenvalue weighted by atomic mass is 10.00. The maximum absolute atomic E-state index is 14.0. The van der Waals surface area contributed by atoms with E-state index < -0.39 is 60.3 Å². The number of sulfonamides is 1. The molecule has 4 rings (SSSR count). The molecule has 2 aromatic carbocycles. The number of carbonyl (C=O) groups excluding carboxylic acids is 2. The van der Waals surface area contributed by atoms with E-state index in [2.05, 4.69) is 17.2 Å². The second-order valence-electron chi connectivity index (χ2n) is 15.1. The van der Waals surface area contributed by atoms with Crippen LogP contribution in [-0.2, 0) is 60.6 Å². The summed E-state index contributed by atoms with van der Waals surface area (Å²) >= 11 is 0. The van der Waals surface area contributed by atoms with Crippen LogP contribution in [-0.4, -0.2) is 120 Å². The molecule has 7 atom stereocenters. The monoisotopic (exact) mass is 891 g/mol. The Balaban J connectivity index is 1.47. The molecule has 2 aliphatic heterocycles. The predicted octanol–water partition coefficient (Wildman–Crippen LogP) is 5.34. The summed E-state index contributed by atoms with van der Waals surface area (Å²) in [5, 5.41) is 17.8. The number of aliphatic hydroxyl groups is 1. The number of para-hydroxylation sites is 1. The third-order valence-corrected chi connectivity index (χ3v) is 13.5. The van der Waals surface area contributed by atoms with Crippen molar-refractivity contribution in [2.24, 2.45) is 11.8 Å². The highest BCUT2D eigenvalue weighted by molar-refractivity contribution is 7.93. The predicted molar refractivity (Wildman–Crippen MR) is 230 cm³/mol. The van der Waals surface area contributed by atoms with Crippen molar-refractivity contribution in [3.8, 4) is 5.75 Å². The first kappa shape index (κ1) is 49.8. The van der Waals surface area contributed by atoms with Gasteiger partial charge in [-0.3, -0.25) is 4.52 Å². The van der Waals surface area contributed by atoms with E-state index in [4.69, 9.17) is 32.7 Å². The molecule has 16 nitrogen and oxygen atoms in total. The molecular weight excluding hydrogens is 830 g/mol. The Morgan fingerprint density at radius 2 is 1.79 bits per heavy atom. The number of nitrogens with zero attached hydrogens (tertiary/aromatic N) is 1. The SMILES string of the molecule is C=C/C=C(\C=C/COC)S(=O)(=O)N(CC(C)C)C[C@@H](O)[C@H](Cc1ccc(CNCCP(=O)(Oc2ccccc2)O[C@@H](C)C(=O)OCC)cc1)NC(=O)O[C@H]1COC2OCCC21. The lowest BCUT2D eigenvalue weighted by Gasteiger charge is -2.31. The first-order valence-electron chi connectivity index (χ1n) is 20.5. The highest BCUT2D eigenvalue weighted by Crippen LogP contribution is 2.49. The van der Waals surface area contributed by atoms with Crippen molar-refractivity contribution in [2.45, 2.75) is 77.7 Å². The van der Waals surface area contributed by atoms with Crippen molar-refractivity contribution in [1.29, 1.82) is 0 Å². The van der Waals surface area contributed by atoms with Gasteiger partial charge in [0.25, 0.3) is 0 Å². The number of fused-ring (bicyclic) bond motifs is 1. The van der Waals surface area contributed by atoms with Crippen molar-refractivity contribution < 1.29 is 60.4 Å². The molecule has 2 heterocycles. The maximum Gasteiger partial charge on any atom is 0.407 e. The zero-order valence-electron chi connectivity index (χ0n) is 35.7. The third kappa shape index (κ3) is 15.8. The van der Waals surface area contributed by atoms with Gasteiger partial charge in [0.05, 0.1) is 55.6 Å². The summed E-state index contributed by atoms with van der Waals surface area (Å²) in [6, 6.07) is 15.0. The van der Waals surface area contributed by atoms with Crippen LogP contribution < -0.4 is 15.2 Å². The molecule has 2 aliphatic rings. The topological polar surface area (TPSA) is 197 Å². The number of aliphatic hydroxyl groups excluding tert-OH is 1. The number of nitrogens with one attached hydrogen (secondary N) is 2. The van der Waals surface area contributed by atoms with Crippen LogP contribution in [0, 0.1) is 11.8 Å². The Hall–Kier alpha value is -3.90. The number of alkyl carbamates (subject to hydrolysis) is 1. The highest BCUT2D eigenvalue weighted by atomic mass is 32.2. The summed E-state index contributed by atoms with van der Waals surface area (Å²) in [6.07, 6.45) is 2.34. The normalized spacial score (nSPS) is 20.5. The standard InChI is InChI=1S/C43H62N3O13PS/c1-7-13-36(16-12-23-53-6)61(51,52)46(28-31(3)4)29-39(47)38(45-43(49)57-40-30-56-42-37(40)21-24-55-42)26-33-17-19-34(20-18-33)27-44-22-25-60(50,58-32(5)41(48)54-8-2)59-35-14-10-9-11-15-35/h7,9-20,31-32,37-40,42,44,47H,1,8,21-30H2,2-6H3,(H,45,49)/b16-12-,36-13+/t32-,37?,38-,39+,40-,42?,60?/m0/s1. The maximum atomic E-state index is 14.0.